The van der Waals surface area contributed by atoms with Gasteiger partial charge in [0.25, 0.3) is 0 Å². The zero-order valence-electron chi connectivity index (χ0n) is 16.3. The first-order valence-electron chi connectivity index (χ1n) is 8.97. The minimum Gasteiger partial charge on any atom is -0.508 e. The third kappa shape index (κ3) is 10.00. The van der Waals surface area contributed by atoms with Gasteiger partial charge in [-0.05, 0) is 81.6 Å². The number of phenols is 2. The van der Waals surface area contributed by atoms with Crippen LogP contribution in [-0.2, 0) is 42.8 Å². The standard InChI is InChI=1S/C20H22I2N2O6.Tc/c21-15-1-3-17(25)13(7-15)9-23(11-19(27)28)5-6-24(12-20(29)30)10-14-8-16(22)2-4-18(14)26;/h1-4,7-8,25-26H,5-6,9-12H2,(H,27,28)(H,29,30);/i;1+1. The van der Waals surface area contributed by atoms with Crippen molar-refractivity contribution in [2.45, 2.75) is 13.1 Å². The van der Waals surface area contributed by atoms with E-state index in [0.29, 0.717) is 11.1 Å². The molecule has 0 aromatic heterocycles. The topological polar surface area (TPSA) is 122 Å². The second kappa shape index (κ2) is 13.5. The monoisotopic (exact) mass is 739 g/mol. The summed E-state index contributed by atoms with van der Waals surface area (Å²) in [4.78, 5) is 25.9. The van der Waals surface area contributed by atoms with Gasteiger partial charge in [0, 0.05) is 64.6 Å². The maximum Gasteiger partial charge on any atom is 0.317 e. The number of carbonyl (C=O) groups is 2. The van der Waals surface area contributed by atoms with E-state index in [-0.39, 0.29) is 70.9 Å². The molecule has 0 aliphatic carbocycles. The van der Waals surface area contributed by atoms with Crippen molar-refractivity contribution in [3.8, 4) is 11.5 Å². The quantitative estimate of drug-likeness (QED) is 0.260. The number of rotatable bonds is 11. The first-order valence-corrected chi connectivity index (χ1v) is 11.1. The summed E-state index contributed by atoms with van der Waals surface area (Å²) in [5.74, 6) is -1.87. The Morgan fingerprint density at radius 1 is 0.742 bits per heavy atom. The summed E-state index contributed by atoms with van der Waals surface area (Å²) in [7, 11) is 0. The van der Waals surface area contributed by atoms with Crippen molar-refractivity contribution in [2.75, 3.05) is 26.2 Å². The summed E-state index contributed by atoms with van der Waals surface area (Å²) in [6.45, 7) is 0.472. The molecule has 31 heavy (non-hydrogen) atoms. The van der Waals surface area contributed by atoms with Gasteiger partial charge in [0.1, 0.15) is 11.5 Å². The number of nitrogens with zero attached hydrogens (tertiary/aromatic N) is 2. The average molecular weight is 739 g/mol. The summed E-state index contributed by atoms with van der Waals surface area (Å²) in [5, 5.41) is 38.6. The molecule has 0 spiro atoms. The zero-order chi connectivity index (χ0) is 22.3. The van der Waals surface area contributed by atoms with E-state index in [9.17, 15) is 30.0 Å². The molecule has 8 nitrogen and oxygen atoms in total. The molecule has 0 atom stereocenters. The molecule has 0 fully saturated rings. The van der Waals surface area contributed by atoms with E-state index in [0.717, 1.165) is 7.14 Å². The van der Waals surface area contributed by atoms with E-state index < -0.39 is 11.9 Å². The van der Waals surface area contributed by atoms with Crippen molar-refractivity contribution >= 4 is 57.1 Å². The van der Waals surface area contributed by atoms with Gasteiger partial charge in [-0.3, -0.25) is 19.4 Å². The van der Waals surface area contributed by atoms with Crippen LogP contribution in [0.4, 0.5) is 0 Å². The van der Waals surface area contributed by atoms with Gasteiger partial charge in [0.05, 0.1) is 13.1 Å². The molecule has 0 saturated carbocycles. The van der Waals surface area contributed by atoms with Crippen LogP contribution >= 0.6 is 45.2 Å². The van der Waals surface area contributed by atoms with Gasteiger partial charge < -0.3 is 20.4 Å². The molecule has 0 unspecified atom stereocenters. The molecule has 0 saturated heterocycles. The van der Waals surface area contributed by atoms with E-state index in [4.69, 9.17) is 0 Å². The fourth-order valence-electron chi connectivity index (χ4n) is 2.94. The number of hydrogen-bond donors (Lipinski definition) is 4. The Kier molecular flexibility index (Phi) is 12.2. The minimum absolute atomic E-state index is 0. The van der Waals surface area contributed by atoms with Crippen molar-refractivity contribution in [3.05, 3.63) is 54.7 Å². The van der Waals surface area contributed by atoms with Crippen LogP contribution in [0.1, 0.15) is 11.1 Å². The zero-order valence-corrected chi connectivity index (χ0v) is 22.5. The van der Waals surface area contributed by atoms with Gasteiger partial charge >= 0.3 is 11.9 Å². The molecular weight excluding hydrogens is 717 g/mol. The van der Waals surface area contributed by atoms with Gasteiger partial charge in [0.15, 0.2) is 0 Å². The molecule has 2 rings (SSSR count). The first-order chi connectivity index (χ1) is 14.1. The fourth-order valence-corrected chi connectivity index (χ4v) is 4.05. The molecular formula is C20H22I2N2O6Tc. The molecule has 0 aliphatic heterocycles. The van der Waals surface area contributed by atoms with E-state index in [1.165, 1.54) is 0 Å². The van der Waals surface area contributed by atoms with Crippen molar-refractivity contribution in [3.63, 3.8) is 0 Å². The van der Waals surface area contributed by atoms with Gasteiger partial charge in [-0.1, -0.05) is 0 Å². The molecule has 2 aromatic carbocycles. The second-order valence-corrected chi connectivity index (χ2v) is 9.25. The molecule has 2 aromatic rings. The number of aromatic hydroxyl groups is 2. The van der Waals surface area contributed by atoms with Gasteiger partial charge in [-0.15, -0.1) is 0 Å². The van der Waals surface area contributed by atoms with Crippen LogP contribution in [0.3, 0.4) is 0 Å². The molecule has 0 bridgehead atoms. The number of carboxylic acid groups (broad SMARTS) is 2. The van der Waals surface area contributed by atoms with Crippen molar-refractivity contribution < 1.29 is 50.1 Å². The Bertz CT molecular complexity index is 842. The average Bonchev–Trinajstić information content (AvgIpc) is 2.64. The van der Waals surface area contributed by atoms with Gasteiger partial charge in [-0.2, -0.15) is 0 Å². The molecule has 169 valence electrons. The minimum atomic E-state index is -1.01. The van der Waals surface area contributed by atoms with Gasteiger partial charge in [0.2, 0.25) is 0 Å². The smallest absolute Gasteiger partial charge is 0.317 e. The predicted molar refractivity (Wildman–Crippen MR) is 127 cm³/mol. The van der Waals surface area contributed by atoms with Crippen LogP contribution in [0.5, 0.6) is 11.5 Å². The molecule has 4 N–H and O–H groups in total. The van der Waals surface area contributed by atoms with Crippen LogP contribution in [0.2, 0.25) is 0 Å². The second-order valence-electron chi connectivity index (χ2n) is 6.75. The van der Waals surface area contributed by atoms with Crippen LogP contribution in [0, 0.1) is 7.14 Å². The number of aliphatic carboxylic acids is 2. The fraction of sp³-hybridized carbons (Fsp3) is 0.300. The summed E-state index contributed by atoms with van der Waals surface area (Å²) >= 11 is 4.23. The van der Waals surface area contributed by atoms with E-state index in [2.05, 4.69) is 45.2 Å². The SMILES string of the molecule is O=C(O)CN(CCN(CC(=O)O)Cc1cc(I)ccc1O)Cc1cc(I)ccc1O.[99Tc]. The van der Waals surface area contributed by atoms with E-state index in [1.54, 1.807) is 46.2 Å². The third-order valence-electron chi connectivity index (χ3n) is 4.32. The van der Waals surface area contributed by atoms with Gasteiger partial charge in [-0.25, -0.2) is 0 Å². The Labute approximate surface area is 220 Å². The van der Waals surface area contributed by atoms with Crippen molar-refractivity contribution in [1.29, 1.82) is 0 Å². The third-order valence-corrected chi connectivity index (χ3v) is 5.66. The Balaban J connectivity index is 0.00000480. The molecule has 0 amide bonds. The Morgan fingerprint density at radius 3 is 1.42 bits per heavy atom. The number of halogens is 2. The predicted octanol–water partition coefficient (Wildman–Crippen LogP) is 2.78. The van der Waals surface area contributed by atoms with Crippen LogP contribution in [-0.4, -0.2) is 68.3 Å². The number of benzene rings is 2. The van der Waals surface area contributed by atoms with Crippen LogP contribution < -0.4 is 0 Å². The summed E-state index contributed by atoms with van der Waals surface area (Å²) in [6, 6.07) is 10.2. The largest absolute Gasteiger partial charge is 0.508 e. The number of phenolic OH excluding ortho intramolecular Hbond substituents is 2. The summed E-state index contributed by atoms with van der Waals surface area (Å²) in [5.41, 5.74) is 1.20. The number of carboxylic acids is 2. The maximum absolute atomic E-state index is 11.3. The van der Waals surface area contributed by atoms with Crippen LogP contribution in [0.15, 0.2) is 36.4 Å². The van der Waals surface area contributed by atoms with Crippen LogP contribution in [0.25, 0.3) is 0 Å². The van der Waals surface area contributed by atoms with E-state index >= 15 is 0 Å². The van der Waals surface area contributed by atoms with Crippen molar-refractivity contribution in [2.24, 2.45) is 0 Å². The summed E-state index contributed by atoms with van der Waals surface area (Å²) in [6.07, 6.45) is 0. The Morgan fingerprint density at radius 2 is 1.10 bits per heavy atom. The maximum atomic E-state index is 11.3. The molecule has 1 radical (unpaired) electrons. The van der Waals surface area contributed by atoms with Crippen molar-refractivity contribution in [1.82, 2.24) is 9.80 Å². The number of hydrogen-bond acceptors (Lipinski definition) is 6. The Hall–Kier alpha value is -0.991. The molecule has 0 heterocycles. The molecule has 0 aliphatic rings. The first kappa shape index (κ1) is 28.0. The van der Waals surface area contributed by atoms with E-state index in [1.807, 2.05) is 0 Å². The molecule has 11 heteroatoms. The normalized spacial score (nSPS) is 10.8. The summed E-state index contributed by atoms with van der Waals surface area (Å²) < 4.78 is 1.83.